The van der Waals surface area contributed by atoms with E-state index in [0.717, 1.165) is 25.9 Å². The third-order valence-corrected chi connectivity index (χ3v) is 4.05. The summed E-state index contributed by atoms with van der Waals surface area (Å²) in [6, 6.07) is 0.338. The Morgan fingerprint density at radius 3 is 2.79 bits per heavy atom. The van der Waals surface area contributed by atoms with E-state index in [0.29, 0.717) is 25.2 Å². The molecule has 2 rings (SSSR count). The molecule has 1 heterocycles. The summed E-state index contributed by atoms with van der Waals surface area (Å²) >= 11 is 0. The molecular weight excluding hydrogens is 240 g/mol. The number of nitrogens with zero attached hydrogens (tertiary/aromatic N) is 1. The van der Waals surface area contributed by atoms with E-state index in [1.807, 2.05) is 0 Å². The van der Waals surface area contributed by atoms with Gasteiger partial charge in [-0.05, 0) is 33.6 Å². The van der Waals surface area contributed by atoms with E-state index in [-0.39, 0.29) is 11.4 Å². The van der Waals surface area contributed by atoms with E-state index in [1.165, 1.54) is 12.8 Å². The van der Waals surface area contributed by atoms with Gasteiger partial charge in [-0.3, -0.25) is 4.79 Å². The van der Waals surface area contributed by atoms with Crippen LogP contribution in [0.2, 0.25) is 0 Å². The molecule has 0 aromatic heterocycles. The van der Waals surface area contributed by atoms with Crippen LogP contribution in [-0.4, -0.2) is 48.2 Å². The number of fused-ring (bicyclic) bond motifs is 1. The minimum absolute atomic E-state index is 0.0820. The SMILES string of the molecule is CC(C)(C)NCCC(=O)N1CCOC2CCCCC21. The van der Waals surface area contributed by atoms with E-state index in [1.54, 1.807) is 0 Å². The molecule has 2 atom stereocenters. The van der Waals surface area contributed by atoms with Crippen LogP contribution in [-0.2, 0) is 9.53 Å². The molecule has 2 aliphatic rings. The maximum absolute atomic E-state index is 12.4. The van der Waals surface area contributed by atoms with Gasteiger partial charge in [0.15, 0.2) is 0 Å². The molecule has 110 valence electrons. The molecule has 0 bridgehead atoms. The first-order valence-electron chi connectivity index (χ1n) is 7.63. The summed E-state index contributed by atoms with van der Waals surface area (Å²) in [5.41, 5.74) is 0.0820. The van der Waals surface area contributed by atoms with Gasteiger partial charge in [-0.1, -0.05) is 12.8 Å². The number of morpholine rings is 1. The summed E-state index contributed by atoms with van der Waals surface area (Å²) in [4.78, 5) is 14.5. The summed E-state index contributed by atoms with van der Waals surface area (Å²) in [6.45, 7) is 8.63. The predicted molar refractivity (Wildman–Crippen MR) is 76.1 cm³/mol. The highest BCUT2D eigenvalue weighted by molar-refractivity contribution is 5.77. The van der Waals surface area contributed by atoms with Crippen LogP contribution in [0.1, 0.15) is 52.9 Å². The lowest BCUT2D eigenvalue weighted by molar-refractivity contribution is -0.149. The Kier molecular flexibility index (Phi) is 4.85. The maximum atomic E-state index is 12.4. The van der Waals surface area contributed by atoms with Crippen LogP contribution in [0.15, 0.2) is 0 Å². The smallest absolute Gasteiger partial charge is 0.224 e. The minimum atomic E-state index is 0.0820. The van der Waals surface area contributed by atoms with Crippen molar-refractivity contribution in [3.8, 4) is 0 Å². The summed E-state index contributed by atoms with van der Waals surface area (Å²) in [5.74, 6) is 0.289. The molecule has 2 unspecified atom stereocenters. The first-order chi connectivity index (χ1) is 8.97. The standard InChI is InChI=1S/C15H28N2O2/c1-15(2,3)16-9-8-14(18)17-10-11-19-13-7-5-4-6-12(13)17/h12-13,16H,4-11H2,1-3H3. The topological polar surface area (TPSA) is 41.6 Å². The van der Waals surface area contributed by atoms with E-state index >= 15 is 0 Å². The third-order valence-electron chi connectivity index (χ3n) is 4.05. The Morgan fingerprint density at radius 1 is 1.32 bits per heavy atom. The molecular formula is C15H28N2O2. The van der Waals surface area contributed by atoms with Crippen molar-refractivity contribution in [2.45, 2.75) is 70.6 Å². The predicted octanol–water partition coefficient (Wildman–Crippen LogP) is 1.93. The molecule has 1 saturated carbocycles. The fourth-order valence-electron chi connectivity index (χ4n) is 3.09. The highest BCUT2D eigenvalue weighted by atomic mass is 16.5. The molecule has 4 nitrogen and oxygen atoms in total. The average Bonchev–Trinajstić information content (AvgIpc) is 2.36. The van der Waals surface area contributed by atoms with Crippen LogP contribution in [0.3, 0.4) is 0 Å². The summed E-state index contributed by atoms with van der Waals surface area (Å²) in [6.07, 6.45) is 5.60. The fraction of sp³-hybridized carbons (Fsp3) is 0.933. The van der Waals surface area contributed by atoms with Crippen molar-refractivity contribution in [3.63, 3.8) is 0 Å². The largest absolute Gasteiger partial charge is 0.374 e. The van der Waals surface area contributed by atoms with Gasteiger partial charge in [-0.2, -0.15) is 0 Å². The van der Waals surface area contributed by atoms with Crippen molar-refractivity contribution < 1.29 is 9.53 Å². The van der Waals surface area contributed by atoms with Gasteiger partial charge in [-0.25, -0.2) is 0 Å². The number of amides is 1. The van der Waals surface area contributed by atoms with Crippen molar-refractivity contribution >= 4 is 5.91 Å². The van der Waals surface area contributed by atoms with Gasteiger partial charge in [0.05, 0.1) is 18.8 Å². The van der Waals surface area contributed by atoms with Crippen LogP contribution in [0.25, 0.3) is 0 Å². The summed E-state index contributed by atoms with van der Waals surface area (Å²) in [7, 11) is 0. The van der Waals surface area contributed by atoms with E-state index in [2.05, 4.69) is 31.0 Å². The molecule has 0 spiro atoms. The number of hydrogen-bond donors (Lipinski definition) is 1. The van der Waals surface area contributed by atoms with Gasteiger partial charge in [0.2, 0.25) is 5.91 Å². The molecule has 1 amide bonds. The second kappa shape index (κ2) is 6.23. The minimum Gasteiger partial charge on any atom is -0.374 e. The van der Waals surface area contributed by atoms with Crippen molar-refractivity contribution in [2.24, 2.45) is 0 Å². The zero-order valence-electron chi connectivity index (χ0n) is 12.6. The quantitative estimate of drug-likeness (QED) is 0.850. The van der Waals surface area contributed by atoms with Crippen LogP contribution >= 0.6 is 0 Å². The van der Waals surface area contributed by atoms with Crippen LogP contribution < -0.4 is 5.32 Å². The van der Waals surface area contributed by atoms with Gasteiger partial charge in [0, 0.05) is 25.0 Å². The lowest BCUT2D eigenvalue weighted by atomic mass is 9.90. The number of ether oxygens (including phenoxy) is 1. The van der Waals surface area contributed by atoms with Gasteiger partial charge in [0.25, 0.3) is 0 Å². The molecule has 2 fully saturated rings. The van der Waals surface area contributed by atoms with Gasteiger partial charge in [0.1, 0.15) is 0 Å². The molecule has 1 aliphatic heterocycles. The van der Waals surface area contributed by atoms with E-state index in [9.17, 15) is 4.79 Å². The van der Waals surface area contributed by atoms with Gasteiger partial charge >= 0.3 is 0 Å². The number of hydrogen-bond acceptors (Lipinski definition) is 3. The molecule has 19 heavy (non-hydrogen) atoms. The van der Waals surface area contributed by atoms with E-state index in [4.69, 9.17) is 4.74 Å². The normalized spacial score (nSPS) is 28.1. The molecule has 0 aromatic carbocycles. The zero-order valence-corrected chi connectivity index (χ0v) is 12.6. The van der Waals surface area contributed by atoms with Crippen molar-refractivity contribution in [1.82, 2.24) is 10.2 Å². The maximum Gasteiger partial charge on any atom is 0.224 e. The van der Waals surface area contributed by atoms with Crippen molar-refractivity contribution in [3.05, 3.63) is 0 Å². The Balaban J connectivity index is 1.83. The molecule has 1 saturated heterocycles. The number of carbonyl (C=O) groups is 1. The molecule has 1 N–H and O–H groups in total. The Bertz CT molecular complexity index is 310. The second-order valence-corrected chi connectivity index (χ2v) is 6.77. The number of nitrogens with one attached hydrogen (secondary N) is 1. The highest BCUT2D eigenvalue weighted by Crippen LogP contribution is 2.28. The Labute approximate surface area is 116 Å². The van der Waals surface area contributed by atoms with Crippen LogP contribution in [0.5, 0.6) is 0 Å². The van der Waals surface area contributed by atoms with E-state index < -0.39 is 0 Å². The lowest BCUT2D eigenvalue weighted by Crippen LogP contribution is -2.55. The monoisotopic (exact) mass is 268 g/mol. The summed E-state index contributed by atoms with van der Waals surface area (Å²) in [5, 5.41) is 3.39. The number of carbonyl (C=O) groups excluding carboxylic acids is 1. The van der Waals surface area contributed by atoms with Crippen LogP contribution in [0, 0.1) is 0 Å². The first-order valence-corrected chi connectivity index (χ1v) is 7.63. The van der Waals surface area contributed by atoms with Crippen molar-refractivity contribution in [1.29, 1.82) is 0 Å². The number of rotatable bonds is 3. The average molecular weight is 268 g/mol. The fourth-order valence-corrected chi connectivity index (χ4v) is 3.09. The third kappa shape index (κ3) is 4.18. The Hall–Kier alpha value is -0.610. The van der Waals surface area contributed by atoms with Gasteiger partial charge < -0.3 is 15.0 Å². The Morgan fingerprint density at radius 2 is 2.05 bits per heavy atom. The molecule has 1 aliphatic carbocycles. The summed E-state index contributed by atoms with van der Waals surface area (Å²) < 4.78 is 5.81. The second-order valence-electron chi connectivity index (χ2n) is 6.77. The first kappa shape index (κ1) is 14.8. The molecule has 4 heteroatoms. The lowest BCUT2D eigenvalue weighted by Gasteiger charge is -2.44. The molecule has 0 radical (unpaired) electrons. The molecule has 0 aromatic rings. The van der Waals surface area contributed by atoms with Gasteiger partial charge in [-0.15, -0.1) is 0 Å². The highest BCUT2D eigenvalue weighted by Gasteiger charge is 2.36. The van der Waals surface area contributed by atoms with Crippen LogP contribution in [0.4, 0.5) is 0 Å². The van der Waals surface area contributed by atoms with Crippen molar-refractivity contribution in [2.75, 3.05) is 19.7 Å². The zero-order chi connectivity index (χ0) is 13.9.